The van der Waals surface area contributed by atoms with Gasteiger partial charge in [0, 0.05) is 36.0 Å². The first kappa shape index (κ1) is 18.2. The molecule has 0 saturated heterocycles. The molecule has 0 fully saturated rings. The quantitative estimate of drug-likeness (QED) is 0.681. The van der Waals surface area contributed by atoms with Crippen molar-refractivity contribution in [2.45, 2.75) is 17.1 Å². The third-order valence-electron chi connectivity index (χ3n) is 4.65. The molecule has 0 amide bonds. The predicted octanol–water partition coefficient (Wildman–Crippen LogP) is 3.28. The number of rotatable bonds is 3. The lowest BCUT2D eigenvalue weighted by atomic mass is 9.98. The number of hydrogen-bond donors (Lipinski definition) is 1. The van der Waals surface area contributed by atoms with Gasteiger partial charge >= 0.3 is 0 Å². The van der Waals surface area contributed by atoms with Gasteiger partial charge in [-0.25, -0.2) is 0 Å². The van der Waals surface area contributed by atoms with E-state index in [0.29, 0.717) is 4.90 Å². The molecule has 1 aromatic carbocycles. The third kappa shape index (κ3) is 3.40. The minimum Gasteiger partial charge on any atom is -0.768 e. The lowest BCUT2D eigenvalue weighted by Gasteiger charge is -2.19. The molecule has 8 heteroatoms. The van der Waals surface area contributed by atoms with Crippen LogP contribution in [0.4, 0.5) is 5.82 Å². The van der Waals surface area contributed by atoms with E-state index in [1.54, 1.807) is 18.3 Å². The molecule has 0 spiro atoms. The number of aromatic nitrogens is 3. The second kappa shape index (κ2) is 7.46. The van der Waals surface area contributed by atoms with Crippen LogP contribution in [0.1, 0.15) is 21.9 Å². The van der Waals surface area contributed by atoms with Gasteiger partial charge in [0.15, 0.2) is 0 Å². The Balaban J connectivity index is 1.89. The van der Waals surface area contributed by atoms with Crippen molar-refractivity contribution < 1.29 is 8.76 Å². The third-order valence-corrected chi connectivity index (χ3v) is 6.55. The summed E-state index contributed by atoms with van der Waals surface area (Å²) in [5.74, 6) is 1.93. The lowest BCUT2D eigenvalue weighted by Crippen LogP contribution is -2.06. The fourth-order valence-corrected chi connectivity index (χ4v) is 5.15. The molecule has 0 aliphatic carbocycles. The summed E-state index contributed by atoms with van der Waals surface area (Å²) in [4.78, 5) is 4.80. The number of pyridine rings is 1. The summed E-state index contributed by atoms with van der Waals surface area (Å²) < 4.78 is 24.5. The van der Waals surface area contributed by atoms with Gasteiger partial charge < -0.3 is 9.87 Å². The van der Waals surface area contributed by atoms with E-state index in [1.165, 1.54) is 0 Å². The molecule has 1 aliphatic rings. The Morgan fingerprint density at radius 3 is 2.89 bits per heavy atom. The van der Waals surface area contributed by atoms with Crippen molar-refractivity contribution in [1.29, 1.82) is 0 Å². The molecule has 27 heavy (non-hydrogen) atoms. The van der Waals surface area contributed by atoms with Crippen molar-refractivity contribution in [2.75, 3.05) is 17.6 Å². The van der Waals surface area contributed by atoms with E-state index in [4.69, 9.17) is 5.10 Å². The van der Waals surface area contributed by atoms with E-state index < -0.39 is 11.1 Å². The second-order valence-electron chi connectivity index (χ2n) is 6.38. The van der Waals surface area contributed by atoms with Gasteiger partial charge in [-0.2, -0.15) is 5.10 Å². The number of nitrogens with one attached hydrogen (secondary N) is 1. The van der Waals surface area contributed by atoms with Crippen molar-refractivity contribution in [3.8, 4) is 11.4 Å². The number of aryl methyl sites for hydroxylation is 2. The zero-order valence-corrected chi connectivity index (χ0v) is 16.6. The van der Waals surface area contributed by atoms with Gasteiger partial charge in [0.05, 0.1) is 10.9 Å². The minimum absolute atomic E-state index is 0.0508. The molecule has 2 unspecified atom stereocenters. The number of fused-ring (bicyclic) bond motifs is 1. The van der Waals surface area contributed by atoms with Gasteiger partial charge in [-0.1, -0.05) is 12.1 Å². The molecule has 2 aromatic heterocycles. The maximum Gasteiger partial charge on any atom is 0.129 e. The molecule has 3 aromatic rings. The van der Waals surface area contributed by atoms with E-state index in [2.05, 4.69) is 10.3 Å². The maximum atomic E-state index is 11.3. The molecule has 6 nitrogen and oxygen atoms in total. The van der Waals surface area contributed by atoms with Gasteiger partial charge in [-0.15, -0.1) is 11.8 Å². The molecule has 0 radical (unpaired) electrons. The monoisotopic (exact) mass is 399 g/mol. The van der Waals surface area contributed by atoms with Crippen LogP contribution in [0, 0.1) is 6.92 Å². The van der Waals surface area contributed by atoms with Crippen molar-refractivity contribution in [3.05, 3.63) is 59.3 Å². The first-order chi connectivity index (χ1) is 13.1. The molecule has 1 N–H and O–H groups in total. The summed E-state index contributed by atoms with van der Waals surface area (Å²) in [5, 5.41) is 8.27. The van der Waals surface area contributed by atoms with E-state index in [1.807, 2.05) is 54.7 Å². The Hall–Kier alpha value is -2.16. The van der Waals surface area contributed by atoms with Crippen LogP contribution < -0.4 is 5.32 Å². The molecule has 3 heterocycles. The summed E-state index contributed by atoms with van der Waals surface area (Å²) in [7, 11) is 1.93. The van der Waals surface area contributed by atoms with E-state index in [0.717, 1.165) is 46.2 Å². The summed E-state index contributed by atoms with van der Waals surface area (Å²) in [6.45, 7) is 2.80. The van der Waals surface area contributed by atoms with Crippen LogP contribution in [0.5, 0.6) is 0 Å². The zero-order valence-electron chi connectivity index (χ0n) is 15.0. The standard InChI is InChI=1S/C19H20N4O2S2/c1-12-11-13(27(24)25)6-7-14(12)18-16-17(15-5-3-4-8-20-15)22-23(2)19(16)21-9-10-26-18/h3-8,11,18,21H,9-10H2,1-2H3,(H,24,25)/p-1. The second-order valence-corrected chi connectivity index (χ2v) is 8.53. The Morgan fingerprint density at radius 1 is 1.33 bits per heavy atom. The van der Waals surface area contributed by atoms with Gasteiger partial charge in [0.2, 0.25) is 0 Å². The Morgan fingerprint density at radius 2 is 2.19 bits per heavy atom. The van der Waals surface area contributed by atoms with Crippen LogP contribution in [-0.4, -0.2) is 35.8 Å². The SMILES string of the molecule is Cc1cc(S(=O)[O-])ccc1C1SCCNc2c1c(-c1ccccn1)nn2C. The summed E-state index contributed by atoms with van der Waals surface area (Å²) in [6, 6.07) is 11.1. The van der Waals surface area contributed by atoms with Gasteiger partial charge in [0.25, 0.3) is 0 Å². The summed E-state index contributed by atoms with van der Waals surface area (Å²) in [5.41, 5.74) is 4.84. The minimum atomic E-state index is -2.23. The van der Waals surface area contributed by atoms with E-state index in [-0.39, 0.29) is 5.25 Å². The van der Waals surface area contributed by atoms with Gasteiger partial charge in [-0.05, 0) is 53.4 Å². The van der Waals surface area contributed by atoms with Crippen LogP contribution >= 0.6 is 11.8 Å². The number of thioether (sulfide) groups is 1. The number of anilines is 1. The smallest absolute Gasteiger partial charge is 0.129 e. The summed E-state index contributed by atoms with van der Waals surface area (Å²) >= 11 is -0.394. The number of benzene rings is 1. The first-order valence-corrected chi connectivity index (χ1v) is 10.7. The highest BCUT2D eigenvalue weighted by atomic mass is 32.2. The fourth-order valence-electron chi connectivity index (χ4n) is 3.41. The molecule has 1 aliphatic heterocycles. The summed E-state index contributed by atoms with van der Waals surface area (Å²) in [6.07, 6.45) is 1.77. The number of hydrogen-bond acceptors (Lipinski definition) is 6. The molecule has 2 atom stereocenters. The fraction of sp³-hybridized carbons (Fsp3) is 0.263. The first-order valence-electron chi connectivity index (χ1n) is 8.60. The van der Waals surface area contributed by atoms with Crippen LogP contribution in [0.25, 0.3) is 11.4 Å². The normalized spacial score (nSPS) is 17.7. The van der Waals surface area contributed by atoms with Crippen molar-refractivity contribution >= 4 is 28.7 Å². The lowest BCUT2D eigenvalue weighted by molar-refractivity contribution is 0.537. The van der Waals surface area contributed by atoms with E-state index in [9.17, 15) is 8.76 Å². The molecule has 140 valence electrons. The molecule has 0 bridgehead atoms. The van der Waals surface area contributed by atoms with Gasteiger partial charge in [0.1, 0.15) is 11.5 Å². The van der Waals surface area contributed by atoms with Crippen LogP contribution in [-0.2, 0) is 18.1 Å². The number of nitrogens with zero attached hydrogens (tertiary/aromatic N) is 3. The van der Waals surface area contributed by atoms with Crippen molar-refractivity contribution in [1.82, 2.24) is 14.8 Å². The highest BCUT2D eigenvalue weighted by Gasteiger charge is 2.30. The van der Waals surface area contributed by atoms with Crippen LogP contribution in [0.15, 0.2) is 47.5 Å². The molecule has 0 saturated carbocycles. The topological polar surface area (TPSA) is 82.9 Å². The van der Waals surface area contributed by atoms with Gasteiger partial charge in [-0.3, -0.25) is 13.9 Å². The average molecular weight is 400 g/mol. The Kier molecular flexibility index (Phi) is 5.03. The molecule has 4 rings (SSSR count). The maximum absolute atomic E-state index is 11.3. The average Bonchev–Trinajstić information content (AvgIpc) is 2.85. The predicted molar refractivity (Wildman–Crippen MR) is 108 cm³/mol. The van der Waals surface area contributed by atoms with Crippen molar-refractivity contribution in [3.63, 3.8) is 0 Å². The largest absolute Gasteiger partial charge is 0.768 e. The zero-order chi connectivity index (χ0) is 19.0. The highest BCUT2D eigenvalue weighted by molar-refractivity contribution is 7.99. The Labute approximate surface area is 164 Å². The highest BCUT2D eigenvalue weighted by Crippen LogP contribution is 2.46. The van der Waals surface area contributed by atoms with E-state index >= 15 is 0 Å². The molecular weight excluding hydrogens is 380 g/mol. The van der Waals surface area contributed by atoms with Crippen LogP contribution in [0.2, 0.25) is 0 Å². The molecular formula is C19H19N4O2S2-. The Bertz CT molecular complexity index is 1000. The van der Waals surface area contributed by atoms with Crippen LogP contribution in [0.3, 0.4) is 0 Å². The van der Waals surface area contributed by atoms with Crippen molar-refractivity contribution in [2.24, 2.45) is 7.05 Å².